The van der Waals surface area contributed by atoms with Gasteiger partial charge in [-0.3, -0.25) is 19.1 Å². The molecule has 0 saturated carbocycles. The van der Waals surface area contributed by atoms with Crippen molar-refractivity contribution in [1.29, 1.82) is 5.26 Å². The Balaban J connectivity index is 1.88. The Bertz CT molecular complexity index is 1900. The van der Waals surface area contributed by atoms with E-state index >= 15 is 0 Å². The molecule has 234 valence electrons. The van der Waals surface area contributed by atoms with E-state index in [9.17, 15) is 24.3 Å². The van der Waals surface area contributed by atoms with Crippen LogP contribution in [0.4, 0.5) is 10.1 Å². The highest BCUT2D eigenvalue weighted by atomic mass is 35.5. The van der Waals surface area contributed by atoms with Crippen molar-refractivity contribution in [1.82, 2.24) is 14.5 Å². The molecule has 1 aromatic carbocycles. The fraction of sp³-hybridized carbons (Fsp3) is 0.323. The third-order valence-electron chi connectivity index (χ3n) is 8.06. The highest BCUT2D eigenvalue weighted by Crippen LogP contribution is 2.48. The van der Waals surface area contributed by atoms with Crippen LogP contribution in [0.1, 0.15) is 32.4 Å². The molecule has 5 rings (SSSR count). The monoisotopic (exact) mass is 690 g/mol. The van der Waals surface area contributed by atoms with Crippen LogP contribution >= 0.6 is 46.4 Å². The van der Waals surface area contributed by atoms with Crippen LogP contribution in [0.25, 0.3) is 22.3 Å². The van der Waals surface area contributed by atoms with Crippen molar-refractivity contribution >= 4 is 74.7 Å². The summed E-state index contributed by atoms with van der Waals surface area (Å²) in [5, 5.41) is 19.6. The zero-order chi connectivity index (χ0) is 32.9. The van der Waals surface area contributed by atoms with Crippen LogP contribution in [0.2, 0.25) is 20.1 Å². The number of allylic oxidation sites excluding steroid dienone is 1. The zero-order valence-corrected chi connectivity index (χ0v) is 27.4. The molecule has 14 heteroatoms. The van der Waals surface area contributed by atoms with E-state index in [4.69, 9.17) is 51.4 Å². The first-order valence-corrected chi connectivity index (χ1v) is 15.5. The zero-order valence-electron chi connectivity index (χ0n) is 24.4. The molecule has 1 unspecified atom stereocenters. The summed E-state index contributed by atoms with van der Waals surface area (Å²) < 4.78 is 16.4. The maximum absolute atomic E-state index is 15.0. The number of halogens is 5. The smallest absolute Gasteiger partial charge is 0.272 e. The van der Waals surface area contributed by atoms with Gasteiger partial charge in [0, 0.05) is 55.0 Å². The van der Waals surface area contributed by atoms with Crippen LogP contribution in [0.5, 0.6) is 5.75 Å². The number of hydrogen-bond acceptors (Lipinski definition) is 7. The van der Waals surface area contributed by atoms with Crippen molar-refractivity contribution in [3.05, 3.63) is 72.8 Å². The molecule has 2 aliphatic rings. The van der Waals surface area contributed by atoms with E-state index in [1.807, 2.05) is 31.7 Å². The Labute approximate surface area is 278 Å². The van der Waals surface area contributed by atoms with Gasteiger partial charge in [-0.1, -0.05) is 79.8 Å². The van der Waals surface area contributed by atoms with E-state index < -0.39 is 33.2 Å². The molecule has 2 atom stereocenters. The molecule has 0 bridgehead atoms. The van der Waals surface area contributed by atoms with E-state index in [1.54, 1.807) is 11.1 Å². The average molecular weight is 692 g/mol. The van der Waals surface area contributed by atoms with Crippen LogP contribution in [0, 0.1) is 29.0 Å². The molecule has 0 radical (unpaired) electrons. The van der Waals surface area contributed by atoms with Crippen molar-refractivity contribution in [3.63, 3.8) is 0 Å². The van der Waals surface area contributed by atoms with Gasteiger partial charge in [0.05, 0.1) is 32.5 Å². The fourth-order valence-corrected chi connectivity index (χ4v) is 6.97. The first-order chi connectivity index (χ1) is 21.3. The average Bonchev–Trinajstić information content (AvgIpc) is 3.02. The summed E-state index contributed by atoms with van der Waals surface area (Å²) in [6.45, 7) is 10.6. The standard InChI is InChI=1S/C31H27Cl4FN6O3/c1-5-19(43)40-8-10-41(11-9-40)28-16-12-18(32)26(20-21(33)24(36)23(35)29(44)22(20)34)39-30(16)42(31(45)17(28)13-37)27-15(4)6-7-38-25(27)14(2)3/h5-7,12,14-15,27,44H,1,8-11H2,2-4H3/t15-,27?/m1/s1. The Kier molecular flexibility index (Phi) is 9.20. The molecule has 2 aliphatic heterocycles. The quantitative estimate of drug-likeness (QED) is 0.175. The molecule has 2 aromatic heterocycles. The van der Waals surface area contributed by atoms with Gasteiger partial charge in [0.15, 0.2) is 11.6 Å². The maximum Gasteiger partial charge on any atom is 0.272 e. The summed E-state index contributed by atoms with van der Waals surface area (Å²) in [4.78, 5) is 39.5. The van der Waals surface area contributed by atoms with Gasteiger partial charge in [-0.25, -0.2) is 9.37 Å². The predicted molar refractivity (Wildman–Crippen MR) is 176 cm³/mol. The Morgan fingerprint density at radius 3 is 2.44 bits per heavy atom. The normalized spacial score (nSPS) is 18.4. The Hall–Kier alpha value is -3.62. The molecule has 1 N–H and O–H groups in total. The number of nitriles is 1. The first kappa shape index (κ1) is 32.8. The van der Waals surface area contributed by atoms with Crippen molar-refractivity contribution in [2.45, 2.75) is 26.8 Å². The molecule has 9 nitrogen and oxygen atoms in total. The van der Waals surface area contributed by atoms with E-state index in [0.29, 0.717) is 43.0 Å². The minimum atomic E-state index is -1.13. The summed E-state index contributed by atoms with van der Waals surface area (Å²) in [7, 11) is 0. The van der Waals surface area contributed by atoms with Crippen molar-refractivity contribution in [2.24, 2.45) is 16.8 Å². The number of piperazine rings is 1. The van der Waals surface area contributed by atoms with Gasteiger partial charge in [0.2, 0.25) is 5.91 Å². The number of hydrogen-bond donors (Lipinski definition) is 1. The number of phenols is 1. The summed E-state index contributed by atoms with van der Waals surface area (Å²) in [6, 6.07) is 2.97. The fourth-order valence-electron chi connectivity index (χ4n) is 5.83. The van der Waals surface area contributed by atoms with Crippen molar-refractivity contribution in [2.75, 3.05) is 31.1 Å². The van der Waals surface area contributed by atoms with Gasteiger partial charge >= 0.3 is 0 Å². The number of aromatic nitrogens is 2. The van der Waals surface area contributed by atoms with E-state index in [-0.39, 0.29) is 50.3 Å². The number of nitrogens with zero attached hydrogens (tertiary/aromatic N) is 6. The summed E-state index contributed by atoms with van der Waals surface area (Å²) in [5.74, 6) is -2.42. The number of amides is 1. The summed E-state index contributed by atoms with van der Waals surface area (Å²) in [5.41, 5.74) is 0.00928. The maximum atomic E-state index is 15.0. The van der Waals surface area contributed by atoms with Gasteiger partial charge in [-0.2, -0.15) is 5.26 Å². The molecule has 3 aromatic rings. The second kappa shape index (κ2) is 12.6. The predicted octanol–water partition coefficient (Wildman–Crippen LogP) is 7.03. The van der Waals surface area contributed by atoms with Crippen LogP contribution in [-0.2, 0) is 4.79 Å². The lowest BCUT2D eigenvalue weighted by atomic mass is 9.88. The topological polar surface area (TPSA) is 115 Å². The lowest BCUT2D eigenvalue weighted by Gasteiger charge is -2.37. The molecule has 1 fully saturated rings. The molecule has 4 heterocycles. The number of benzene rings is 1. The van der Waals surface area contributed by atoms with Crippen LogP contribution in [0.15, 0.2) is 40.8 Å². The second-order valence-electron chi connectivity index (χ2n) is 11.1. The van der Waals surface area contributed by atoms with Gasteiger partial charge < -0.3 is 14.9 Å². The Morgan fingerprint density at radius 1 is 1.18 bits per heavy atom. The highest BCUT2D eigenvalue weighted by molar-refractivity contribution is 6.44. The van der Waals surface area contributed by atoms with Crippen LogP contribution in [0.3, 0.4) is 0 Å². The molecule has 1 amide bonds. The molecule has 0 spiro atoms. The van der Waals surface area contributed by atoms with E-state index in [0.717, 1.165) is 0 Å². The van der Waals surface area contributed by atoms with Gasteiger partial charge in [-0.05, 0) is 18.1 Å². The summed E-state index contributed by atoms with van der Waals surface area (Å²) >= 11 is 25.5. The highest BCUT2D eigenvalue weighted by Gasteiger charge is 2.35. The number of anilines is 1. The number of pyridine rings is 2. The van der Waals surface area contributed by atoms with Crippen LogP contribution in [-0.4, -0.2) is 57.4 Å². The minimum absolute atomic E-state index is 0.0439. The lowest BCUT2D eigenvalue weighted by molar-refractivity contribution is -0.126. The number of rotatable bonds is 5. The second-order valence-corrected chi connectivity index (χ2v) is 12.6. The summed E-state index contributed by atoms with van der Waals surface area (Å²) in [6.07, 6.45) is 4.77. The Morgan fingerprint density at radius 2 is 1.84 bits per heavy atom. The number of aliphatic imine (C=N–C) groups is 1. The number of fused-ring (bicyclic) bond motifs is 1. The molecule has 0 aliphatic carbocycles. The third-order valence-corrected chi connectivity index (χ3v) is 9.42. The van der Waals surface area contributed by atoms with Gasteiger partial charge in [0.25, 0.3) is 5.56 Å². The molecule has 45 heavy (non-hydrogen) atoms. The van der Waals surface area contributed by atoms with Crippen molar-refractivity contribution < 1.29 is 14.3 Å². The first-order valence-electron chi connectivity index (χ1n) is 14.0. The van der Waals surface area contributed by atoms with Gasteiger partial charge in [-0.15, -0.1) is 0 Å². The number of carbonyl (C=O) groups excluding carboxylic acids is 1. The van der Waals surface area contributed by atoms with Crippen LogP contribution < -0.4 is 10.5 Å². The van der Waals surface area contributed by atoms with Gasteiger partial charge in [0.1, 0.15) is 22.3 Å². The van der Waals surface area contributed by atoms with E-state index in [2.05, 4.69) is 17.6 Å². The number of phenolic OH excluding ortho intramolecular Hbond substituents is 1. The third kappa shape index (κ3) is 5.46. The largest absolute Gasteiger partial charge is 0.505 e. The number of carbonyl (C=O) groups is 1. The molecule has 1 saturated heterocycles. The number of aromatic hydroxyl groups is 1. The SMILES string of the molecule is C=CC(=O)N1CCN(c2c(C#N)c(=O)n(C3C(C(C)C)=NC=C[C@H]3C)c3nc(-c4c(Cl)c(O)c(Cl)c(F)c4Cl)c(Cl)cc23)CC1. The minimum Gasteiger partial charge on any atom is -0.505 e. The lowest BCUT2D eigenvalue weighted by Crippen LogP contribution is -2.49. The molecular weight excluding hydrogens is 665 g/mol. The van der Waals surface area contributed by atoms with Crippen molar-refractivity contribution in [3.8, 4) is 23.1 Å². The molecular formula is C31H27Cl4FN6O3. The van der Waals surface area contributed by atoms with E-state index in [1.165, 1.54) is 16.7 Å².